The van der Waals surface area contributed by atoms with Crippen molar-refractivity contribution in [3.05, 3.63) is 66.1 Å². The first-order valence-corrected chi connectivity index (χ1v) is 7.82. The summed E-state index contributed by atoms with van der Waals surface area (Å²) in [5, 5.41) is 3.81. The number of carbonyl (C=O) groups is 1. The Hall–Kier alpha value is -2.95. The molecule has 5 nitrogen and oxygen atoms in total. The van der Waals surface area contributed by atoms with E-state index in [2.05, 4.69) is 15.3 Å². The molecule has 3 aromatic rings. The van der Waals surface area contributed by atoms with Gasteiger partial charge in [-0.2, -0.15) is 0 Å². The Morgan fingerprint density at radius 2 is 2.08 bits per heavy atom. The number of fused-ring (bicyclic) bond motifs is 1. The molecule has 1 amide bonds. The number of carbonyl (C=O) groups excluding carboxylic acids is 1. The molecule has 0 spiro atoms. The van der Waals surface area contributed by atoms with Crippen molar-refractivity contribution in [2.45, 2.75) is 19.9 Å². The highest BCUT2D eigenvalue weighted by Gasteiger charge is 2.11. The first kappa shape index (κ1) is 15.9. The molecule has 0 radical (unpaired) electrons. The molecule has 2 heterocycles. The second-order valence-corrected chi connectivity index (χ2v) is 5.64. The third-order valence-corrected chi connectivity index (χ3v) is 3.73. The summed E-state index contributed by atoms with van der Waals surface area (Å²) < 4.78 is 5.73. The Morgan fingerprint density at radius 1 is 1.25 bits per heavy atom. The van der Waals surface area contributed by atoms with Gasteiger partial charge in [-0.15, -0.1) is 0 Å². The van der Waals surface area contributed by atoms with Crippen LogP contribution in [0.1, 0.15) is 24.2 Å². The predicted octanol–water partition coefficient (Wildman–Crippen LogP) is 3.19. The van der Waals surface area contributed by atoms with Crippen LogP contribution in [0.25, 0.3) is 10.9 Å². The summed E-state index contributed by atoms with van der Waals surface area (Å²) in [7, 11) is 0. The number of hydrogen-bond donors (Lipinski definition) is 1. The van der Waals surface area contributed by atoms with Gasteiger partial charge in [0, 0.05) is 29.5 Å². The summed E-state index contributed by atoms with van der Waals surface area (Å²) in [4.78, 5) is 20.7. The van der Waals surface area contributed by atoms with Crippen LogP contribution < -0.4 is 10.1 Å². The van der Waals surface area contributed by atoms with E-state index in [1.165, 1.54) is 0 Å². The Bertz CT molecular complexity index is 850. The van der Waals surface area contributed by atoms with Crippen molar-refractivity contribution in [2.75, 3.05) is 6.61 Å². The van der Waals surface area contributed by atoms with Crippen LogP contribution >= 0.6 is 0 Å². The summed E-state index contributed by atoms with van der Waals surface area (Å²) in [6.07, 6.45) is 3.45. The van der Waals surface area contributed by atoms with Crippen molar-refractivity contribution in [3.63, 3.8) is 0 Å². The summed E-state index contributed by atoms with van der Waals surface area (Å²) in [5.41, 5.74) is 2.67. The minimum Gasteiger partial charge on any atom is -0.483 e. The fraction of sp³-hybridized carbons (Fsp3) is 0.211. The van der Waals surface area contributed by atoms with E-state index in [9.17, 15) is 4.79 Å². The predicted molar refractivity (Wildman–Crippen MR) is 92.8 cm³/mol. The number of nitrogens with one attached hydrogen (secondary N) is 1. The van der Waals surface area contributed by atoms with Gasteiger partial charge in [0.05, 0.1) is 11.6 Å². The molecule has 1 N–H and O–H groups in total. The second kappa shape index (κ2) is 7.08. The first-order valence-electron chi connectivity index (χ1n) is 7.82. The molecule has 0 aliphatic carbocycles. The third-order valence-electron chi connectivity index (χ3n) is 3.73. The Kier molecular flexibility index (Phi) is 4.70. The highest BCUT2D eigenvalue weighted by Crippen LogP contribution is 2.25. The normalized spacial score (nSPS) is 11.9. The zero-order valence-electron chi connectivity index (χ0n) is 13.7. The number of nitrogens with zero attached hydrogens (tertiary/aromatic N) is 2. The molecular formula is C19H19N3O2. The molecule has 1 unspecified atom stereocenters. The Morgan fingerprint density at radius 3 is 2.88 bits per heavy atom. The molecule has 122 valence electrons. The maximum absolute atomic E-state index is 12.1. The van der Waals surface area contributed by atoms with Crippen molar-refractivity contribution in [3.8, 4) is 5.75 Å². The maximum atomic E-state index is 12.1. The van der Waals surface area contributed by atoms with Crippen LogP contribution in [0.3, 0.4) is 0 Å². The molecule has 0 fully saturated rings. The van der Waals surface area contributed by atoms with Crippen LogP contribution in [0.5, 0.6) is 5.75 Å². The van der Waals surface area contributed by atoms with Crippen LogP contribution in [0.4, 0.5) is 0 Å². The lowest BCUT2D eigenvalue weighted by molar-refractivity contribution is -0.123. The molecule has 0 aliphatic heterocycles. The molecular weight excluding hydrogens is 302 g/mol. The van der Waals surface area contributed by atoms with E-state index in [0.29, 0.717) is 5.75 Å². The molecule has 2 aromatic heterocycles. The van der Waals surface area contributed by atoms with E-state index >= 15 is 0 Å². The second-order valence-electron chi connectivity index (χ2n) is 5.64. The van der Waals surface area contributed by atoms with Gasteiger partial charge in [0.15, 0.2) is 6.61 Å². The summed E-state index contributed by atoms with van der Waals surface area (Å²) in [5.74, 6) is 0.493. The van der Waals surface area contributed by atoms with Gasteiger partial charge in [0.1, 0.15) is 5.75 Å². The van der Waals surface area contributed by atoms with Crippen molar-refractivity contribution in [1.82, 2.24) is 15.3 Å². The van der Waals surface area contributed by atoms with Crippen LogP contribution in [-0.4, -0.2) is 22.5 Å². The maximum Gasteiger partial charge on any atom is 0.258 e. The average molecular weight is 321 g/mol. The lowest BCUT2D eigenvalue weighted by Crippen LogP contribution is -2.31. The van der Waals surface area contributed by atoms with Gasteiger partial charge in [-0.1, -0.05) is 18.2 Å². The van der Waals surface area contributed by atoms with E-state index < -0.39 is 0 Å². The highest BCUT2D eigenvalue weighted by atomic mass is 16.5. The van der Waals surface area contributed by atoms with Crippen LogP contribution in [0.2, 0.25) is 0 Å². The molecule has 3 rings (SSSR count). The number of aromatic nitrogens is 2. The van der Waals surface area contributed by atoms with E-state index in [-0.39, 0.29) is 18.6 Å². The van der Waals surface area contributed by atoms with E-state index in [1.54, 1.807) is 12.4 Å². The zero-order chi connectivity index (χ0) is 16.9. The van der Waals surface area contributed by atoms with E-state index in [0.717, 1.165) is 22.2 Å². The number of para-hydroxylation sites is 1. The smallest absolute Gasteiger partial charge is 0.258 e. The van der Waals surface area contributed by atoms with Crippen molar-refractivity contribution < 1.29 is 9.53 Å². The standard InChI is InChI=1S/C19H19N3O2/c1-13-10-18(16-7-3-4-8-17(16)21-13)24-12-19(23)22-14(2)15-6-5-9-20-11-15/h3-11,14H,12H2,1-2H3,(H,22,23). The molecule has 0 aliphatic rings. The summed E-state index contributed by atoms with van der Waals surface area (Å²) in [6.45, 7) is 3.78. The number of benzene rings is 1. The molecule has 1 atom stereocenters. The molecule has 0 saturated carbocycles. The Balaban J connectivity index is 1.66. The van der Waals surface area contributed by atoms with E-state index in [4.69, 9.17) is 4.74 Å². The highest BCUT2D eigenvalue weighted by molar-refractivity contribution is 5.86. The molecule has 0 saturated heterocycles. The van der Waals surface area contributed by atoms with Gasteiger partial charge in [0.25, 0.3) is 5.91 Å². The van der Waals surface area contributed by atoms with Gasteiger partial charge in [-0.05, 0) is 37.6 Å². The zero-order valence-corrected chi connectivity index (χ0v) is 13.7. The number of aryl methyl sites for hydroxylation is 1. The van der Waals surface area contributed by atoms with Crippen molar-refractivity contribution in [1.29, 1.82) is 0 Å². The topological polar surface area (TPSA) is 64.1 Å². The Labute approximate surface area is 140 Å². The number of pyridine rings is 2. The largest absolute Gasteiger partial charge is 0.483 e. The average Bonchev–Trinajstić information content (AvgIpc) is 2.60. The van der Waals surface area contributed by atoms with Crippen molar-refractivity contribution in [2.24, 2.45) is 0 Å². The van der Waals surface area contributed by atoms with Crippen LogP contribution in [0.15, 0.2) is 54.9 Å². The minimum atomic E-state index is -0.176. The number of ether oxygens (including phenoxy) is 1. The van der Waals surface area contributed by atoms with Gasteiger partial charge >= 0.3 is 0 Å². The summed E-state index contributed by atoms with van der Waals surface area (Å²) in [6, 6.07) is 13.2. The fourth-order valence-corrected chi connectivity index (χ4v) is 2.53. The SMILES string of the molecule is Cc1cc(OCC(=O)NC(C)c2cccnc2)c2ccccc2n1. The van der Waals surface area contributed by atoms with Gasteiger partial charge in [0.2, 0.25) is 0 Å². The molecule has 5 heteroatoms. The molecule has 0 bridgehead atoms. The van der Waals surface area contributed by atoms with Crippen LogP contribution in [0, 0.1) is 6.92 Å². The summed E-state index contributed by atoms with van der Waals surface area (Å²) >= 11 is 0. The lowest BCUT2D eigenvalue weighted by atomic mass is 10.1. The lowest BCUT2D eigenvalue weighted by Gasteiger charge is -2.15. The number of hydrogen-bond acceptors (Lipinski definition) is 4. The van der Waals surface area contributed by atoms with Gasteiger partial charge < -0.3 is 10.1 Å². The van der Waals surface area contributed by atoms with E-state index in [1.807, 2.05) is 56.3 Å². The molecule has 1 aromatic carbocycles. The van der Waals surface area contributed by atoms with Gasteiger partial charge in [-0.3, -0.25) is 14.8 Å². The monoisotopic (exact) mass is 321 g/mol. The number of amides is 1. The quantitative estimate of drug-likeness (QED) is 0.784. The molecule has 24 heavy (non-hydrogen) atoms. The van der Waals surface area contributed by atoms with Gasteiger partial charge in [-0.25, -0.2) is 0 Å². The van der Waals surface area contributed by atoms with Crippen LogP contribution in [-0.2, 0) is 4.79 Å². The fourth-order valence-electron chi connectivity index (χ4n) is 2.53. The van der Waals surface area contributed by atoms with Crippen molar-refractivity contribution >= 4 is 16.8 Å². The minimum absolute atomic E-state index is 0.0436. The first-order chi connectivity index (χ1) is 11.6. The third kappa shape index (κ3) is 3.68. The number of rotatable bonds is 5.